The molecule has 0 bridgehead atoms. The molecule has 0 saturated heterocycles. The summed E-state index contributed by atoms with van der Waals surface area (Å²) in [5.74, 6) is -0.268. The van der Waals surface area contributed by atoms with Crippen molar-refractivity contribution in [1.29, 1.82) is 0 Å². The van der Waals surface area contributed by atoms with Crippen molar-refractivity contribution in [3.05, 3.63) is 95.2 Å². The molecular formula is C24H21N3O. The number of hydrogen-bond donors (Lipinski definition) is 2. The molecule has 138 valence electrons. The second-order valence-electron chi connectivity index (χ2n) is 6.90. The molecule has 0 saturated carbocycles. The van der Waals surface area contributed by atoms with Gasteiger partial charge in [0.15, 0.2) is 0 Å². The highest BCUT2D eigenvalue weighted by molar-refractivity contribution is 6.10. The van der Waals surface area contributed by atoms with Crippen molar-refractivity contribution >= 4 is 23.0 Å². The van der Waals surface area contributed by atoms with Crippen molar-refractivity contribution in [3.63, 3.8) is 0 Å². The number of H-pyrrole nitrogens is 1. The predicted octanol–water partition coefficient (Wildman–Crippen LogP) is 5.22. The van der Waals surface area contributed by atoms with Crippen molar-refractivity contribution in [2.24, 2.45) is 5.10 Å². The van der Waals surface area contributed by atoms with Crippen molar-refractivity contribution in [1.82, 2.24) is 10.4 Å². The molecule has 0 aliphatic carbocycles. The number of benzene rings is 3. The largest absolute Gasteiger partial charge is 0.350 e. The molecule has 4 rings (SSSR count). The number of aryl methyl sites for hydroxylation is 2. The highest BCUT2D eigenvalue weighted by Crippen LogP contribution is 2.33. The van der Waals surface area contributed by atoms with E-state index in [0.717, 1.165) is 33.2 Å². The molecule has 2 N–H and O–H groups in total. The summed E-state index contributed by atoms with van der Waals surface area (Å²) in [6.07, 6.45) is 1.65. The molecule has 0 radical (unpaired) electrons. The molecule has 0 fully saturated rings. The third-order valence-electron chi connectivity index (χ3n) is 4.70. The van der Waals surface area contributed by atoms with Crippen LogP contribution in [-0.4, -0.2) is 17.1 Å². The first-order valence-corrected chi connectivity index (χ1v) is 9.19. The minimum Gasteiger partial charge on any atom is -0.350 e. The number of nitrogens with zero attached hydrogens (tertiary/aromatic N) is 1. The summed E-state index contributed by atoms with van der Waals surface area (Å²) in [6, 6.07) is 24.0. The summed E-state index contributed by atoms with van der Waals surface area (Å²) in [5.41, 5.74) is 9.23. The fourth-order valence-corrected chi connectivity index (χ4v) is 3.25. The van der Waals surface area contributed by atoms with E-state index in [0.29, 0.717) is 5.69 Å². The molecule has 0 unspecified atom stereocenters. The van der Waals surface area contributed by atoms with Crippen molar-refractivity contribution in [2.45, 2.75) is 13.8 Å². The van der Waals surface area contributed by atoms with Gasteiger partial charge in [0.1, 0.15) is 5.69 Å². The number of amides is 1. The number of aromatic amines is 1. The minimum atomic E-state index is -0.268. The van der Waals surface area contributed by atoms with E-state index in [1.165, 1.54) is 5.56 Å². The van der Waals surface area contributed by atoms with Crippen molar-refractivity contribution in [3.8, 4) is 11.1 Å². The summed E-state index contributed by atoms with van der Waals surface area (Å²) >= 11 is 0. The van der Waals surface area contributed by atoms with Crippen LogP contribution in [0.3, 0.4) is 0 Å². The number of carbonyl (C=O) groups is 1. The highest BCUT2D eigenvalue weighted by Gasteiger charge is 2.19. The van der Waals surface area contributed by atoms with E-state index < -0.39 is 0 Å². The van der Waals surface area contributed by atoms with Crippen LogP contribution in [0.2, 0.25) is 0 Å². The smallest absolute Gasteiger partial charge is 0.288 e. The van der Waals surface area contributed by atoms with Gasteiger partial charge in [-0.1, -0.05) is 71.8 Å². The number of aromatic nitrogens is 1. The summed E-state index contributed by atoms with van der Waals surface area (Å²) in [6.45, 7) is 4.08. The zero-order chi connectivity index (χ0) is 19.5. The number of hydrazone groups is 1. The van der Waals surface area contributed by atoms with Gasteiger partial charge in [-0.2, -0.15) is 5.10 Å². The lowest BCUT2D eigenvalue weighted by Crippen LogP contribution is -2.18. The summed E-state index contributed by atoms with van der Waals surface area (Å²) in [4.78, 5) is 16.1. The average molecular weight is 367 g/mol. The molecule has 1 amide bonds. The number of fused-ring (bicyclic) bond motifs is 1. The van der Waals surface area contributed by atoms with Crippen LogP contribution in [-0.2, 0) is 0 Å². The van der Waals surface area contributed by atoms with Crippen molar-refractivity contribution < 1.29 is 4.79 Å². The van der Waals surface area contributed by atoms with Gasteiger partial charge in [-0.25, -0.2) is 5.43 Å². The predicted molar refractivity (Wildman–Crippen MR) is 115 cm³/mol. The van der Waals surface area contributed by atoms with Gasteiger partial charge in [-0.05, 0) is 37.1 Å². The van der Waals surface area contributed by atoms with E-state index >= 15 is 0 Å². The highest BCUT2D eigenvalue weighted by atomic mass is 16.2. The Hall–Kier alpha value is -3.66. The van der Waals surface area contributed by atoms with Gasteiger partial charge in [0, 0.05) is 16.5 Å². The molecule has 0 spiro atoms. The standard InChI is InChI=1S/C24H21N3O/c1-16-8-11-18(12-9-16)15-25-27-24(28)23-22(19-6-4-3-5-7-19)20-14-17(2)10-13-21(20)26-23/h3-15,26H,1-2H3,(H,27,28)/b25-15+. The molecule has 1 aromatic heterocycles. The summed E-state index contributed by atoms with van der Waals surface area (Å²) in [5, 5.41) is 5.15. The van der Waals surface area contributed by atoms with E-state index in [1.54, 1.807) is 6.21 Å². The van der Waals surface area contributed by atoms with Crippen LogP contribution in [0.15, 0.2) is 77.9 Å². The van der Waals surface area contributed by atoms with Gasteiger partial charge in [0.25, 0.3) is 5.91 Å². The second-order valence-corrected chi connectivity index (χ2v) is 6.90. The average Bonchev–Trinajstić information content (AvgIpc) is 3.09. The first kappa shape index (κ1) is 17.7. The van der Waals surface area contributed by atoms with E-state index in [2.05, 4.69) is 21.6 Å². The zero-order valence-corrected chi connectivity index (χ0v) is 15.9. The van der Waals surface area contributed by atoms with Crippen LogP contribution in [0.1, 0.15) is 27.2 Å². The summed E-state index contributed by atoms with van der Waals surface area (Å²) in [7, 11) is 0. The Morgan fingerprint density at radius 1 is 0.929 bits per heavy atom. The van der Waals surface area contributed by atoms with Gasteiger partial charge in [-0.3, -0.25) is 4.79 Å². The molecule has 4 heteroatoms. The topological polar surface area (TPSA) is 57.2 Å². The normalized spacial score (nSPS) is 11.2. The molecule has 1 heterocycles. The van der Waals surface area contributed by atoms with Crippen LogP contribution in [0, 0.1) is 13.8 Å². The molecule has 0 atom stereocenters. The fourth-order valence-electron chi connectivity index (χ4n) is 3.25. The molecule has 3 aromatic carbocycles. The van der Waals surface area contributed by atoms with Gasteiger partial charge in [0.05, 0.1) is 6.21 Å². The van der Waals surface area contributed by atoms with Gasteiger partial charge >= 0.3 is 0 Å². The SMILES string of the molecule is Cc1ccc(/C=N/NC(=O)c2[nH]c3ccc(C)cc3c2-c2ccccc2)cc1. The van der Waals surface area contributed by atoms with Crippen LogP contribution in [0.4, 0.5) is 0 Å². The van der Waals surface area contributed by atoms with Gasteiger partial charge in [0.2, 0.25) is 0 Å². The first-order valence-electron chi connectivity index (χ1n) is 9.19. The Morgan fingerprint density at radius 3 is 2.39 bits per heavy atom. The van der Waals surface area contributed by atoms with E-state index in [-0.39, 0.29) is 5.91 Å². The Bertz CT molecular complexity index is 1160. The lowest BCUT2D eigenvalue weighted by atomic mass is 10.0. The zero-order valence-electron chi connectivity index (χ0n) is 15.9. The number of hydrogen-bond acceptors (Lipinski definition) is 2. The lowest BCUT2D eigenvalue weighted by molar-refractivity contribution is 0.0951. The molecule has 0 aliphatic rings. The van der Waals surface area contributed by atoms with Crippen LogP contribution < -0.4 is 5.43 Å². The first-order chi connectivity index (χ1) is 13.6. The maximum atomic E-state index is 12.9. The number of carbonyl (C=O) groups excluding carboxylic acids is 1. The van der Waals surface area contributed by atoms with Gasteiger partial charge in [-0.15, -0.1) is 0 Å². The molecule has 0 aliphatic heterocycles. The van der Waals surface area contributed by atoms with Crippen LogP contribution in [0.5, 0.6) is 0 Å². The van der Waals surface area contributed by atoms with Crippen LogP contribution >= 0.6 is 0 Å². The van der Waals surface area contributed by atoms with Gasteiger partial charge < -0.3 is 4.98 Å². The van der Waals surface area contributed by atoms with E-state index in [9.17, 15) is 4.79 Å². The lowest BCUT2D eigenvalue weighted by Gasteiger charge is -2.04. The van der Waals surface area contributed by atoms with Crippen molar-refractivity contribution in [2.75, 3.05) is 0 Å². The summed E-state index contributed by atoms with van der Waals surface area (Å²) < 4.78 is 0. The number of rotatable bonds is 4. The quantitative estimate of drug-likeness (QED) is 0.377. The van der Waals surface area contributed by atoms with E-state index in [4.69, 9.17) is 0 Å². The Kier molecular flexibility index (Phi) is 4.77. The van der Waals surface area contributed by atoms with E-state index in [1.807, 2.05) is 80.6 Å². The third kappa shape index (κ3) is 3.58. The Morgan fingerprint density at radius 2 is 1.64 bits per heavy atom. The minimum absolute atomic E-state index is 0.268. The molecule has 4 aromatic rings. The maximum Gasteiger partial charge on any atom is 0.288 e. The number of nitrogens with one attached hydrogen (secondary N) is 2. The molecule has 28 heavy (non-hydrogen) atoms. The Balaban J connectivity index is 1.69. The Labute approximate surface area is 163 Å². The fraction of sp³-hybridized carbons (Fsp3) is 0.0833. The molecular weight excluding hydrogens is 346 g/mol. The second kappa shape index (κ2) is 7.53. The van der Waals surface area contributed by atoms with Crippen LogP contribution in [0.25, 0.3) is 22.0 Å². The third-order valence-corrected chi connectivity index (χ3v) is 4.70. The monoisotopic (exact) mass is 367 g/mol. The maximum absolute atomic E-state index is 12.9. The molecule has 4 nitrogen and oxygen atoms in total.